The Morgan fingerprint density at radius 1 is 1.75 bits per heavy atom. The van der Waals surface area contributed by atoms with E-state index >= 15 is 0 Å². The predicted octanol–water partition coefficient (Wildman–Crippen LogP) is 1.17. The van der Waals surface area contributed by atoms with Crippen LogP contribution in [-0.2, 0) is 7.05 Å². The second-order valence-corrected chi connectivity index (χ2v) is 3.12. The molecular formula is C9H15N3. The summed E-state index contributed by atoms with van der Waals surface area (Å²) in [6.07, 6.45) is 5.84. The van der Waals surface area contributed by atoms with Gasteiger partial charge in [0.15, 0.2) is 0 Å². The summed E-state index contributed by atoms with van der Waals surface area (Å²) in [7, 11) is 1.90. The van der Waals surface area contributed by atoms with E-state index in [2.05, 4.69) is 11.2 Å². The molecule has 1 aromatic heterocycles. The van der Waals surface area contributed by atoms with E-state index in [1.165, 1.54) is 5.57 Å². The van der Waals surface area contributed by atoms with Crippen LogP contribution in [0, 0.1) is 0 Å². The van der Waals surface area contributed by atoms with Gasteiger partial charge in [0.05, 0.1) is 6.20 Å². The monoisotopic (exact) mass is 165 g/mol. The maximum Gasteiger partial charge on any atom is 0.0562 e. The van der Waals surface area contributed by atoms with Crippen LogP contribution in [0.2, 0.25) is 0 Å². The van der Waals surface area contributed by atoms with Gasteiger partial charge < -0.3 is 5.73 Å². The molecule has 0 amide bonds. The van der Waals surface area contributed by atoms with Crippen molar-refractivity contribution in [3.05, 3.63) is 23.5 Å². The molecule has 1 aromatic rings. The van der Waals surface area contributed by atoms with E-state index in [1.54, 1.807) is 4.68 Å². The molecule has 0 aliphatic rings. The van der Waals surface area contributed by atoms with E-state index in [4.69, 9.17) is 5.73 Å². The van der Waals surface area contributed by atoms with Gasteiger partial charge in [0.25, 0.3) is 0 Å². The highest BCUT2D eigenvalue weighted by atomic mass is 15.2. The van der Waals surface area contributed by atoms with Crippen molar-refractivity contribution in [3.63, 3.8) is 0 Å². The fourth-order valence-corrected chi connectivity index (χ4v) is 0.909. The molecule has 0 aliphatic heterocycles. The van der Waals surface area contributed by atoms with Crippen LogP contribution in [0.4, 0.5) is 0 Å². The van der Waals surface area contributed by atoms with Crippen LogP contribution in [0.5, 0.6) is 0 Å². The highest BCUT2D eigenvalue weighted by molar-refractivity contribution is 5.51. The fourth-order valence-electron chi connectivity index (χ4n) is 0.909. The average molecular weight is 165 g/mol. The summed E-state index contributed by atoms with van der Waals surface area (Å²) >= 11 is 0. The first-order valence-corrected chi connectivity index (χ1v) is 4.02. The Balaban J connectivity index is 2.80. The average Bonchev–Trinajstić information content (AvgIpc) is 2.35. The Morgan fingerprint density at radius 2 is 2.42 bits per heavy atom. The van der Waals surface area contributed by atoms with Gasteiger partial charge in [-0.05, 0) is 13.8 Å². The van der Waals surface area contributed by atoms with Crippen molar-refractivity contribution in [1.29, 1.82) is 0 Å². The fraction of sp³-hybridized carbons (Fsp3) is 0.444. The molecule has 1 unspecified atom stereocenters. The molecule has 2 N–H and O–H groups in total. The summed E-state index contributed by atoms with van der Waals surface area (Å²) in [4.78, 5) is 0. The number of aromatic nitrogens is 2. The zero-order chi connectivity index (χ0) is 9.14. The van der Waals surface area contributed by atoms with Gasteiger partial charge in [-0.3, -0.25) is 4.68 Å². The third kappa shape index (κ3) is 2.20. The smallest absolute Gasteiger partial charge is 0.0562 e. The van der Waals surface area contributed by atoms with E-state index in [0.29, 0.717) is 0 Å². The quantitative estimate of drug-likeness (QED) is 0.715. The molecule has 0 aromatic carbocycles. The molecule has 0 aliphatic carbocycles. The van der Waals surface area contributed by atoms with Crippen molar-refractivity contribution in [2.75, 3.05) is 0 Å². The van der Waals surface area contributed by atoms with Crippen LogP contribution in [0.1, 0.15) is 19.4 Å². The third-order valence-corrected chi connectivity index (χ3v) is 1.84. The molecule has 1 rings (SSSR count). The second kappa shape index (κ2) is 3.54. The Bertz CT molecular complexity index is 284. The zero-order valence-electron chi connectivity index (χ0n) is 7.78. The molecule has 0 saturated carbocycles. The highest BCUT2D eigenvalue weighted by Gasteiger charge is 1.97. The van der Waals surface area contributed by atoms with Gasteiger partial charge in [-0.2, -0.15) is 5.10 Å². The molecule has 0 saturated heterocycles. The minimum absolute atomic E-state index is 0.116. The summed E-state index contributed by atoms with van der Waals surface area (Å²) < 4.78 is 1.78. The van der Waals surface area contributed by atoms with Gasteiger partial charge in [0.1, 0.15) is 0 Å². The Kier molecular flexibility index (Phi) is 2.65. The van der Waals surface area contributed by atoms with Crippen LogP contribution in [0.3, 0.4) is 0 Å². The minimum atomic E-state index is 0.116. The summed E-state index contributed by atoms with van der Waals surface area (Å²) in [5.74, 6) is 0. The number of rotatable bonds is 2. The standard InChI is InChI=1S/C9H15N3/c1-7(8(2)10)4-9-5-11-12(3)6-9/h4-6,8H,10H2,1-3H3. The zero-order valence-corrected chi connectivity index (χ0v) is 7.78. The molecule has 1 heterocycles. The lowest BCUT2D eigenvalue weighted by atomic mass is 10.1. The molecule has 3 heteroatoms. The van der Waals surface area contributed by atoms with Crippen molar-refractivity contribution in [2.45, 2.75) is 19.9 Å². The highest BCUT2D eigenvalue weighted by Crippen LogP contribution is 2.06. The first-order valence-electron chi connectivity index (χ1n) is 4.02. The maximum absolute atomic E-state index is 5.70. The van der Waals surface area contributed by atoms with Crippen LogP contribution in [-0.4, -0.2) is 15.8 Å². The van der Waals surface area contributed by atoms with Gasteiger partial charge in [0.2, 0.25) is 0 Å². The summed E-state index contributed by atoms with van der Waals surface area (Å²) in [5.41, 5.74) is 7.97. The Hall–Kier alpha value is -1.09. The largest absolute Gasteiger partial charge is 0.324 e. The predicted molar refractivity (Wildman–Crippen MR) is 50.5 cm³/mol. The van der Waals surface area contributed by atoms with E-state index in [0.717, 1.165) is 5.56 Å². The van der Waals surface area contributed by atoms with Crippen molar-refractivity contribution in [3.8, 4) is 0 Å². The molecule has 0 fully saturated rings. The number of hydrogen-bond donors (Lipinski definition) is 1. The number of nitrogens with zero attached hydrogens (tertiary/aromatic N) is 2. The lowest BCUT2D eigenvalue weighted by Crippen LogP contribution is -2.15. The second-order valence-electron chi connectivity index (χ2n) is 3.12. The van der Waals surface area contributed by atoms with E-state index in [-0.39, 0.29) is 6.04 Å². The first-order chi connectivity index (χ1) is 5.59. The van der Waals surface area contributed by atoms with Gasteiger partial charge in [-0.15, -0.1) is 0 Å². The lowest BCUT2D eigenvalue weighted by Gasteiger charge is -2.02. The summed E-state index contributed by atoms with van der Waals surface area (Å²) in [6.45, 7) is 4.00. The lowest BCUT2D eigenvalue weighted by molar-refractivity contribution is 0.767. The van der Waals surface area contributed by atoms with Crippen LogP contribution < -0.4 is 5.73 Å². The van der Waals surface area contributed by atoms with Crippen LogP contribution in [0.25, 0.3) is 6.08 Å². The maximum atomic E-state index is 5.70. The van der Waals surface area contributed by atoms with Crippen molar-refractivity contribution >= 4 is 6.08 Å². The summed E-state index contributed by atoms with van der Waals surface area (Å²) in [6, 6.07) is 0.116. The van der Waals surface area contributed by atoms with Crippen molar-refractivity contribution in [2.24, 2.45) is 12.8 Å². The van der Waals surface area contributed by atoms with Gasteiger partial charge >= 0.3 is 0 Å². The molecule has 12 heavy (non-hydrogen) atoms. The Morgan fingerprint density at radius 3 is 2.83 bits per heavy atom. The van der Waals surface area contributed by atoms with Crippen LogP contribution in [0.15, 0.2) is 18.0 Å². The minimum Gasteiger partial charge on any atom is -0.324 e. The number of aryl methyl sites for hydroxylation is 1. The van der Waals surface area contributed by atoms with Crippen molar-refractivity contribution < 1.29 is 0 Å². The third-order valence-electron chi connectivity index (χ3n) is 1.84. The number of nitrogens with two attached hydrogens (primary N) is 1. The van der Waals surface area contributed by atoms with E-state index in [1.807, 2.05) is 33.3 Å². The van der Waals surface area contributed by atoms with Gasteiger partial charge in [0, 0.05) is 24.8 Å². The number of hydrogen-bond acceptors (Lipinski definition) is 2. The molecule has 0 bridgehead atoms. The topological polar surface area (TPSA) is 43.8 Å². The van der Waals surface area contributed by atoms with Gasteiger partial charge in [-0.25, -0.2) is 0 Å². The van der Waals surface area contributed by atoms with E-state index in [9.17, 15) is 0 Å². The SMILES string of the molecule is CC(=Cc1cnn(C)c1)C(C)N. The van der Waals surface area contributed by atoms with Crippen LogP contribution >= 0.6 is 0 Å². The molecule has 0 spiro atoms. The first kappa shape index (κ1) is 9.00. The molecule has 1 atom stereocenters. The van der Waals surface area contributed by atoms with Gasteiger partial charge in [-0.1, -0.05) is 11.6 Å². The normalized spacial score (nSPS) is 14.8. The van der Waals surface area contributed by atoms with E-state index < -0.39 is 0 Å². The Labute approximate surface area is 72.9 Å². The molecule has 0 radical (unpaired) electrons. The van der Waals surface area contributed by atoms with Crippen molar-refractivity contribution in [1.82, 2.24) is 9.78 Å². The molecular weight excluding hydrogens is 150 g/mol. The molecule has 3 nitrogen and oxygen atoms in total. The summed E-state index contributed by atoms with van der Waals surface area (Å²) in [5, 5.41) is 4.06. The molecule has 66 valence electrons.